The van der Waals surface area contributed by atoms with E-state index in [0.29, 0.717) is 18.8 Å². The molecule has 0 saturated carbocycles. The molecule has 1 saturated heterocycles. The Morgan fingerprint density at radius 2 is 1.88 bits per heavy atom. The number of halogens is 2. The maximum atomic E-state index is 13.8. The molecule has 1 amide bonds. The summed E-state index contributed by atoms with van der Waals surface area (Å²) in [5, 5.41) is 2.71. The molecule has 6 nitrogen and oxygen atoms in total. The summed E-state index contributed by atoms with van der Waals surface area (Å²) in [4.78, 5) is 25.2. The third kappa shape index (κ3) is 4.13. The highest BCUT2D eigenvalue weighted by molar-refractivity contribution is 5.92. The van der Waals surface area contributed by atoms with Crippen molar-refractivity contribution in [3.63, 3.8) is 0 Å². The summed E-state index contributed by atoms with van der Waals surface area (Å²) < 4.78 is 26.8. The summed E-state index contributed by atoms with van der Waals surface area (Å²) in [5.74, 6) is -1.49. The first-order valence-corrected chi connectivity index (χ1v) is 8.55. The molecule has 1 aromatic carbocycles. The number of likely N-dealkylation sites (N-methyl/N-ethyl adjacent to an activating group) is 1. The van der Waals surface area contributed by atoms with Gasteiger partial charge in [0.25, 0.3) is 5.91 Å². The number of aryl methyl sites for hydroxylation is 1. The Kier molecular flexibility index (Phi) is 5.41. The van der Waals surface area contributed by atoms with Gasteiger partial charge in [-0.15, -0.1) is 0 Å². The number of carbonyl (C=O) groups is 1. The van der Waals surface area contributed by atoms with Gasteiger partial charge in [-0.05, 0) is 31.7 Å². The predicted molar refractivity (Wildman–Crippen MR) is 94.4 cm³/mol. The maximum Gasteiger partial charge on any atom is 0.272 e. The second-order valence-electron chi connectivity index (χ2n) is 6.19. The molecule has 0 aliphatic carbocycles. The topological polar surface area (TPSA) is 61.4 Å². The van der Waals surface area contributed by atoms with E-state index in [-0.39, 0.29) is 23.2 Å². The molecule has 1 N–H and O–H groups in total. The van der Waals surface area contributed by atoms with Crippen LogP contribution in [0.1, 0.15) is 23.1 Å². The second-order valence-corrected chi connectivity index (χ2v) is 6.19. The highest BCUT2D eigenvalue weighted by Gasteiger charge is 2.23. The van der Waals surface area contributed by atoms with Crippen molar-refractivity contribution in [2.75, 3.05) is 38.0 Å². The van der Waals surface area contributed by atoms with Crippen LogP contribution in [-0.4, -0.2) is 58.4 Å². The molecule has 2 aromatic rings. The van der Waals surface area contributed by atoms with Crippen molar-refractivity contribution in [1.82, 2.24) is 19.8 Å². The minimum atomic E-state index is -0.751. The lowest BCUT2D eigenvalue weighted by Crippen LogP contribution is -2.48. The van der Waals surface area contributed by atoms with Crippen molar-refractivity contribution in [3.8, 4) is 0 Å². The third-order valence-electron chi connectivity index (χ3n) is 4.36. The monoisotopic (exact) mass is 361 g/mol. The van der Waals surface area contributed by atoms with E-state index < -0.39 is 11.6 Å². The molecule has 2 heterocycles. The molecule has 1 aliphatic rings. The highest BCUT2D eigenvalue weighted by atomic mass is 19.1. The van der Waals surface area contributed by atoms with Gasteiger partial charge in [-0.3, -0.25) is 4.79 Å². The fourth-order valence-corrected chi connectivity index (χ4v) is 2.87. The summed E-state index contributed by atoms with van der Waals surface area (Å²) in [6.45, 7) is 7.75. The molecule has 8 heteroatoms. The van der Waals surface area contributed by atoms with Gasteiger partial charge < -0.3 is 15.1 Å². The second kappa shape index (κ2) is 7.74. The van der Waals surface area contributed by atoms with Gasteiger partial charge >= 0.3 is 0 Å². The first-order chi connectivity index (χ1) is 12.5. The van der Waals surface area contributed by atoms with Gasteiger partial charge in [0.2, 0.25) is 5.95 Å². The minimum absolute atomic E-state index is 0.0481. The van der Waals surface area contributed by atoms with Gasteiger partial charge in [-0.1, -0.05) is 6.92 Å². The number of hydrogen-bond acceptors (Lipinski definition) is 5. The third-order valence-corrected chi connectivity index (χ3v) is 4.36. The molecule has 0 unspecified atom stereocenters. The molecule has 0 radical (unpaired) electrons. The zero-order chi connectivity index (χ0) is 18.7. The van der Waals surface area contributed by atoms with Crippen LogP contribution in [0.2, 0.25) is 0 Å². The molecule has 26 heavy (non-hydrogen) atoms. The predicted octanol–water partition coefficient (Wildman–Crippen LogP) is 2.58. The Balaban J connectivity index is 1.78. The van der Waals surface area contributed by atoms with Gasteiger partial charge in [-0.25, -0.2) is 18.7 Å². The Morgan fingerprint density at radius 3 is 2.54 bits per heavy atom. The Hall–Kier alpha value is -2.61. The number of benzene rings is 1. The van der Waals surface area contributed by atoms with E-state index >= 15 is 0 Å². The van der Waals surface area contributed by atoms with E-state index in [1.807, 2.05) is 0 Å². The van der Waals surface area contributed by atoms with Crippen molar-refractivity contribution in [3.05, 3.63) is 47.3 Å². The molecule has 3 rings (SSSR count). The highest BCUT2D eigenvalue weighted by Crippen LogP contribution is 2.19. The lowest BCUT2D eigenvalue weighted by molar-refractivity contribution is 0.0637. The lowest BCUT2D eigenvalue weighted by Gasteiger charge is -2.33. The van der Waals surface area contributed by atoms with Gasteiger partial charge in [0.1, 0.15) is 17.3 Å². The van der Waals surface area contributed by atoms with E-state index in [4.69, 9.17) is 0 Å². The van der Waals surface area contributed by atoms with Crippen molar-refractivity contribution < 1.29 is 13.6 Å². The maximum absolute atomic E-state index is 13.8. The Morgan fingerprint density at radius 1 is 1.15 bits per heavy atom. The molecule has 0 bridgehead atoms. The molecule has 0 spiro atoms. The average Bonchev–Trinajstić information content (AvgIpc) is 2.63. The summed E-state index contributed by atoms with van der Waals surface area (Å²) in [6, 6.07) is 4.79. The SMILES string of the molecule is CCN1CCN(C(=O)c2cc(C)nc(Nc3ccc(F)cc3F)n2)CC1. The van der Waals surface area contributed by atoms with E-state index in [1.54, 1.807) is 17.9 Å². The average molecular weight is 361 g/mol. The van der Waals surface area contributed by atoms with Crippen molar-refractivity contribution in [2.45, 2.75) is 13.8 Å². The van der Waals surface area contributed by atoms with Gasteiger partial charge in [0.15, 0.2) is 0 Å². The van der Waals surface area contributed by atoms with Crippen LogP contribution in [0, 0.1) is 18.6 Å². The van der Waals surface area contributed by atoms with Crippen LogP contribution in [0.15, 0.2) is 24.3 Å². The van der Waals surface area contributed by atoms with Crippen molar-refractivity contribution in [2.24, 2.45) is 0 Å². The number of nitrogens with one attached hydrogen (secondary N) is 1. The van der Waals surface area contributed by atoms with E-state index in [1.165, 1.54) is 6.07 Å². The van der Waals surface area contributed by atoms with Crippen LogP contribution in [0.3, 0.4) is 0 Å². The van der Waals surface area contributed by atoms with E-state index in [9.17, 15) is 13.6 Å². The molecule has 1 fully saturated rings. The largest absolute Gasteiger partial charge is 0.335 e. The van der Waals surface area contributed by atoms with Crippen LogP contribution in [0.25, 0.3) is 0 Å². The number of hydrogen-bond donors (Lipinski definition) is 1. The Bertz CT molecular complexity index is 806. The van der Waals surface area contributed by atoms with Gasteiger partial charge in [-0.2, -0.15) is 0 Å². The number of nitrogens with zero attached hydrogens (tertiary/aromatic N) is 4. The normalized spacial score (nSPS) is 15.2. The summed E-state index contributed by atoms with van der Waals surface area (Å²) in [5.41, 5.74) is 0.889. The minimum Gasteiger partial charge on any atom is -0.335 e. The number of aromatic nitrogens is 2. The van der Waals surface area contributed by atoms with Gasteiger partial charge in [0.05, 0.1) is 5.69 Å². The number of piperazine rings is 1. The molecule has 0 atom stereocenters. The molecule has 138 valence electrons. The van der Waals surface area contributed by atoms with Crippen molar-refractivity contribution >= 4 is 17.5 Å². The van der Waals surface area contributed by atoms with Crippen LogP contribution < -0.4 is 5.32 Å². The fourth-order valence-electron chi connectivity index (χ4n) is 2.87. The first kappa shape index (κ1) is 18.2. The Labute approximate surface area is 150 Å². The smallest absolute Gasteiger partial charge is 0.272 e. The van der Waals surface area contributed by atoms with E-state index in [2.05, 4.69) is 27.1 Å². The van der Waals surface area contributed by atoms with Crippen molar-refractivity contribution in [1.29, 1.82) is 0 Å². The van der Waals surface area contributed by atoms with Gasteiger partial charge in [0, 0.05) is 37.9 Å². The quantitative estimate of drug-likeness (QED) is 0.907. The zero-order valence-electron chi connectivity index (χ0n) is 14.8. The standard InChI is InChI=1S/C18H21F2N5O/c1-3-24-6-8-25(9-7-24)17(26)16-10-12(2)21-18(23-16)22-15-5-4-13(19)11-14(15)20/h4-5,10-11H,3,6-9H2,1-2H3,(H,21,22,23). The van der Waals surface area contributed by atoms with Crippen LogP contribution in [0.5, 0.6) is 0 Å². The number of anilines is 2. The molecular weight excluding hydrogens is 340 g/mol. The lowest BCUT2D eigenvalue weighted by atomic mass is 10.2. The number of rotatable bonds is 4. The summed E-state index contributed by atoms with van der Waals surface area (Å²) in [6.07, 6.45) is 0. The van der Waals surface area contributed by atoms with Crippen LogP contribution >= 0.6 is 0 Å². The molecule has 1 aromatic heterocycles. The van der Waals surface area contributed by atoms with E-state index in [0.717, 1.165) is 31.8 Å². The zero-order valence-corrected chi connectivity index (χ0v) is 14.8. The molecular formula is C18H21F2N5O. The fraction of sp³-hybridized carbons (Fsp3) is 0.389. The first-order valence-electron chi connectivity index (χ1n) is 8.55. The molecule has 1 aliphatic heterocycles. The van der Waals surface area contributed by atoms with Crippen LogP contribution in [-0.2, 0) is 0 Å². The van der Waals surface area contributed by atoms with Crippen LogP contribution in [0.4, 0.5) is 20.4 Å². The summed E-state index contributed by atoms with van der Waals surface area (Å²) in [7, 11) is 0. The number of carbonyl (C=O) groups excluding carboxylic acids is 1. The number of amides is 1. The summed E-state index contributed by atoms with van der Waals surface area (Å²) >= 11 is 0.